The number of likely N-dealkylation sites (tertiary alicyclic amines) is 1. The zero-order chi connectivity index (χ0) is 15.6. The molecule has 0 spiro atoms. The Bertz CT molecular complexity index is 569. The highest BCUT2D eigenvalue weighted by atomic mass is 16.4. The Morgan fingerprint density at radius 1 is 1.29 bits per heavy atom. The third kappa shape index (κ3) is 3.12. The van der Waals surface area contributed by atoms with E-state index in [0.29, 0.717) is 12.6 Å². The van der Waals surface area contributed by atoms with Gasteiger partial charge in [0.15, 0.2) is 0 Å². The van der Waals surface area contributed by atoms with Gasteiger partial charge in [-0.2, -0.15) is 0 Å². The normalized spacial score (nSPS) is 24.2. The van der Waals surface area contributed by atoms with Crippen LogP contribution < -0.4 is 0 Å². The highest BCUT2D eigenvalue weighted by molar-refractivity contribution is 5.96. The first-order valence-corrected chi connectivity index (χ1v) is 6.58. The minimum Gasteiger partial charge on any atom is -0.478 e. The largest absolute Gasteiger partial charge is 0.478 e. The van der Waals surface area contributed by atoms with Crippen LogP contribution in [0.15, 0.2) is 42.0 Å². The van der Waals surface area contributed by atoms with Crippen LogP contribution in [0.1, 0.15) is 18.5 Å². The van der Waals surface area contributed by atoms with Gasteiger partial charge in [0.05, 0.1) is 17.7 Å². The molecule has 0 radical (unpaired) electrons. The van der Waals surface area contributed by atoms with E-state index in [2.05, 4.69) is 0 Å². The van der Waals surface area contributed by atoms with Gasteiger partial charge in [0, 0.05) is 18.7 Å². The molecular formula is C15H17NO5. The number of rotatable bonds is 5. The number of hydrogen-bond donors (Lipinski definition) is 3. The number of benzene rings is 1. The van der Waals surface area contributed by atoms with E-state index in [1.54, 1.807) is 4.90 Å². The molecule has 0 amide bonds. The summed E-state index contributed by atoms with van der Waals surface area (Å²) in [4.78, 5) is 23.8. The summed E-state index contributed by atoms with van der Waals surface area (Å²) >= 11 is 0. The first-order valence-electron chi connectivity index (χ1n) is 6.58. The minimum atomic E-state index is -1.33. The van der Waals surface area contributed by atoms with Crippen LogP contribution in [0.2, 0.25) is 0 Å². The predicted molar refractivity (Wildman–Crippen MR) is 74.7 cm³/mol. The SMILES string of the molecule is CC(c1ccccc1)N1CC(O)C1/C(=C\C(=O)O)C(=O)O. The number of aliphatic hydroxyl groups is 1. The average molecular weight is 291 g/mol. The quantitative estimate of drug-likeness (QED) is 0.697. The van der Waals surface area contributed by atoms with E-state index in [0.717, 1.165) is 5.56 Å². The van der Waals surface area contributed by atoms with Crippen molar-refractivity contribution in [2.75, 3.05) is 6.54 Å². The zero-order valence-corrected chi connectivity index (χ0v) is 11.5. The van der Waals surface area contributed by atoms with Crippen LogP contribution in [0.25, 0.3) is 0 Å². The van der Waals surface area contributed by atoms with Gasteiger partial charge in [0.25, 0.3) is 0 Å². The van der Waals surface area contributed by atoms with Gasteiger partial charge in [-0.3, -0.25) is 4.90 Å². The summed E-state index contributed by atoms with van der Waals surface area (Å²) in [5, 5.41) is 27.8. The van der Waals surface area contributed by atoms with E-state index in [-0.39, 0.29) is 11.6 Å². The lowest BCUT2D eigenvalue weighted by molar-refractivity contribution is -0.139. The third-order valence-corrected chi connectivity index (χ3v) is 3.74. The van der Waals surface area contributed by atoms with Crippen molar-refractivity contribution in [3.8, 4) is 0 Å². The van der Waals surface area contributed by atoms with Crippen molar-refractivity contribution in [2.45, 2.75) is 25.1 Å². The van der Waals surface area contributed by atoms with E-state index < -0.39 is 24.1 Å². The molecule has 0 aromatic heterocycles. The van der Waals surface area contributed by atoms with Crippen molar-refractivity contribution in [3.05, 3.63) is 47.5 Å². The van der Waals surface area contributed by atoms with Gasteiger partial charge in [0.1, 0.15) is 0 Å². The second-order valence-electron chi connectivity index (χ2n) is 5.04. The van der Waals surface area contributed by atoms with Crippen molar-refractivity contribution in [1.82, 2.24) is 4.90 Å². The van der Waals surface area contributed by atoms with E-state index >= 15 is 0 Å². The Morgan fingerprint density at radius 2 is 1.90 bits per heavy atom. The van der Waals surface area contributed by atoms with E-state index in [4.69, 9.17) is 5.11 Å². The lowest BCUT2D eigenvalue weighted by atomic mass is 9.88. The zero-order valence-electron chi connectivity index (χ0n) is 11.5. The minimum absolute atomic E-state index is 0.115. The van der Waals surface area contributed by atoms with Gasteiger partial charge >= 0.3 is 11.9 Å². The summed E-state index contributed by atoms with van der Waals surface area (Å²) in [6, 6.07) is 8.53. The van der Waals surface area contributed by atoms with Gasteiger partial charge in [-0.05, 0) is 12.5 Å². The van der Waals surface area contributed by atoms with Gasteiger partial charge < -0.3 is 15.3 Å². The van der Waals surface area contributed by atoms with Crippen molar-refractivity contribution in [2.24, 2.45) is 0 Å². The molecule has 1 aliphatic rings. The van der Waals surface area contributed by atoms with Crippen molar-refractivity contribution in [1.29, 1.82) is 0 Å². The molecular weight excluding hydrogens is 274 g/mol. The molecule has 3 unspecified atom stereocenters. The smallest absolute Gasteiger partial charge is 0.333 e. The molecule has 1 fully saturated rings. The maximum atomic E-state index is 11.3. The molecule has 1 saturated heterocycles. The fraction of sp³-hybridized carbons (Fsp3) is 0.333. The molecule has 2 rings (SSSR count). The summed E-state index contributed by atoms with van der Waals surface area (Å²) in [6.07, 6.45) is -0.224. The second kappa shape index (κ2) is 6.07. The molecule has 21 heavy (non-hydrogen) atoms. The van der Waals surface area contributed by atoms with Crippen LogP contribution in [-0.2, 0) is 9.59 Å². The molecule has 1 heterocycles. The Morgan fingerprint density at radius 3 is 2.38 bits per heavy atom. The first-order chi connectivity index (χ1) is 9.91. The van der Waals surface area contributed by atoms with Gasteiger partial charge in [-0.25, -0.2) is 9.59 Å². The molecule has 1 aromatic rings. The summed E-state index contributed by atoms with van der Waals surface area (Å²) in [5.74, 6) is -2.66. The fourth-order valence-corrected chi connectivity index (χ4v) is 2.63. The monoisotopic (exact) mass is 291 g/mol. The number of carboxylic acid groups (broad SMARTS) is 2. The molecule has 6 heteroatoms. The summed E-state index contributed by atoms with van der Waals surface area (Å²) < 4.78 is 0. The topological polar surface area (TPSA) is 98.1 Å². The van der Waals surface area contributed by atoms with Gasteiger partial charge in [-0.15, -0.1) is 0 Å². The maximum Gasteiger partial charge on any atom is 0.333 e. The van der Waals surface area contributed by atoms with Crippen molar-refractivity contribution >= 4 is 11.9 Å². The lowest BCUT2D eigenvalue weighted by Crippen LogP contribution is -2.62. The lowest BCUT2D eigenvalue weighted by Gasteiger charge is -2.49. The highest BCUT2D eigenvalue weighted by Gasteiger charge is 2.45. The molecule has 0 bridgehead atoms. The molecule has 1 aromatic carbocycles. The fourth-order valence-electron chi connectivity index (χ4n) is 2.63. The van der Waals surface area contributed by atoms with Gasteiger partial charge in [-0.1, -0.05) is 30.3 Å². The number of carbonyl (C=O) groups is 2. The third-order valence-electron chi connectivity index (χ3n) is 3.74. The summed E-state index contributed by atoms with van der Waals surface area (Å²) in [5.41, 5.74) is 0.679. The average Bonchev–Trinajstić information content (AvgIpc) is 2.43. The number of nitrogens with zero attached hydrogens (tertiary/aromatic N) is 1. The molecule has 6 nitrogen and oxygen atoms in total. The Labute approximate surface area is 121 Å². The van der Waals surface area contributed by atoms with Gasteiger partial charge in [0.2, 0.25) is 0 Å². The van der Waals surface area contributed by atoms with Crippen LogP contribution in [-0.4, -0.2) is 50.8 Å². The number of carboxylic acids is 2. The maximum absolute atomic E-state index is 11.3. The Balaban J connectivity index is 2.26. The number of aliphatic carboxylic acids is 2. The van der Waals surface area contributed by atoms with Crippen molar-refractivity contribution < 1.29 is 24.9 Å². The number of aliphatic hydroxyl groups excluding tert-OH is 1. The van der Waals surface area contributed by atoms with E-state index in [1.807, 2.05) is 37.3 Å². The second-order valence-corrected chi connectivity index (χ2v) is 5.04. The van der Waals surface area contributed by atoms with Crippen LogP contribution in [0, 0.1) is 0 Å². The van der Waals surface area contributed by atoms with Crippen LogP contribution in [0.3, 0.4) is 0 Å². The molecule has 112 valence electrons. The molecule has 0 aliphatic carbocycles. The Kier molecular flexibility index (Phi) is 4.40. The summed E-state index contributed by atoms with van der Waals surface area (Å²) in [7, 11) is 0. The van der Waals surface area contributed by atoms with Crippen molar-refractivity contribution in [3.63, 3.8) is 0 Å². The summed E-state index contributed by atoms with van der Waals surface area (Å²) in [6.45, 7) is 2.21. The van der Waals surface area contributed by atoms with Crippen LogP contribution in [0.4, 0.5) is 0 Å². The molecule has 3 N–H and O–H groups in total. The predicted octanol–water partition coefficient (Wildman–Crippen LogP) is 0.888. The standard InChI is InChI=1S/C15H17NO5/c1-9(10-5-3-2-4-6-10)16-8-12(17)14(16)11(15(20)21)7-13(18)19/h2-7,9,12,14,17H,8H2,1H3,(H,18,19)(H,20,21)/b11-7+. The molecule has 3 atom stereocenters. The Hall–Kier alpha value is -2.18. The number of β-amino-alcohol motifs (C(OH)–C–C–N with tert-alkyl or cyclic N) is 1. The molecule has 0 saturated carbocycles. The molecule has 1 aliphatic heterocycles. The van der Waals surface area contributed by atoms with E-state index in [1.165, 1.54) is 0 Å². The van der Waals surface area contributed by atoms with E-state index in [9.17, 15) is 19.8 Å². The first kappa shape index (κ1) is 15.2. The highest BCUT2D eigenvalue weighted by Crippen LogP contribution is 2.34. The van der Waals surface area contributed by atoms with Crippen LogP contribution >= 0.6 is 0 Å². The number of hydrogen-bond acceptors (Lipinski definition) is 4. The van der Waals surface area contributed by atoms with Crippen LogP contribution in [0.5, 0.6) is 0 Å².